The second-order valence-electron chi connectivity index (χ2n) is 5.21. The van der Waals surface area contributed by atoms with Crippen LogP contribution in [0.15, 0.2) is 46.5 Å². The van der Waals surface area contributed by atoms with Crippen LogP contribution in [0.2, 0.25) is 0 Å². The Morgan fingerprint density at radius 3 is 2.42 bits per heavy atom. The molecule has 0 fully saturated rings. The first-order valence-corrected chi connectivity index (χ1v) is 8.49. The summed E-state index contributed by atoms with van der Waals surface area (Å²) < 4.78 is 16.1. The SMILES string of the molecule is CCOC1=C(NC(=O)c2ccc(OC)cc2)C(Cl)=C(OCC)C(=[N+]=[N-])C1. The maximum atomic E-state index is 12.6. The van der Waals surface area contributed by atoms with Gasteiger partial charge in [-0.1, -0.05) is 11.6 Å². The summed E-state index contributed by atoms with van der Waals surface area (Å²) in [5.41, 5.74) is 10.2. The lowest BCUT2D eigenvalue weighted by Crippen LogP contribution is -2.29. The summed E-state index contributed by atoms with van der Waals surface area (Å²) in [5, 5.41) is 2.88. The first-order valence-electron chi connectivity index (χ1n) is 8.11. The molecule has 1 aliphatic rings. The van der Waals surface area contributed by atoms with Gasteiger partial charge >= 0.3 is 5.71 Å². The number of allylic oxidation sites excluding steroid dienone is 3. The number of carbonyl (C=O) groups is 1. The average Bonchev–Trinajstić information content (AvgIpc) is 2.66. The van der Waals surface area contributed by atoms with Gasteiger partial charge in [0.05, 0.1) is 20.3 Å². The quantitative estimate of drug-likeness (QED) is 0.583. The zero-order chi connectivity index (χ0) is 19.1. The van der Waals surface area contributed by atoms with E-state index >= 15 is 0 Å². The lowest BCUT2D eigenvalue weighted by Gasteiger charge is -2.21. The molecule has 2 rings (SSSR count). The first-order chi connectivity index (χ1) is 12.5. The van der Waals surface area contributed by atoms with E-state index in [1.807, 2.05) is 0 Å². The number of hydrogen-bond donors (Lipinski definition) is 1. The van der Waals surface area contributed by atoms with Gasteiger partial charge in [0.2, 0.25) is 5.76 Å². The van der Waals surface area contributed by atoms with Gasteiger partial charge in [0, 0.05) is 5.56 Å². The monoisotopic (exact) mass is 377 g/mol. The minimum Gasteiger partial charge on any atom is -0.497 e. The molecule has 0 aliphatic heterocycles. The number of ether oxygens (including phenoxy) is 3. The topological polar surface area (TPSA) is 93.2 Å². The van der Waals surface area contributed by atoms with E-state index in [4.69, 9.17) is 25.8 Å². The molecule has 1 aromatic carbocycles. The third kappa shape index (κ3) is 4.25. The number of carbonyl (C=O) groups excluding carboxylic acids is 1. The Morgan fingerprint density at radius 1 is 1.23 bits per heavy atom. The van der Waals surface area contributed by atoms with Gasteiger partial charge < -0.3 is 25.1 Å². The highest BCUT2D eigenvalue weighted by molar-refractivity contribution is 6.35. The molecule has 8 heteroatoms. The molecule has 0 heterocycles. The van der Waals surface area contributed by atoms with Crippen LogP contribution < -0.4 is 10.1 Å². The highest BCUT2D eigenvalue weighted by Gasteiger charge is 2.34. The fourth-order valence-electron chi connectivity index (χ4n) is 2.41. The van der Waals surface area contributed by atoms with Crippen molar-refractivity contribution >= 4 is 23.2 Å². The lowest BCUT2D eigenvalue weighted by atomic mass is 10.0. The van der Waals surface area contributed by atoms with Crippen molar-refractivity contribution in [2.75, 3.05) is 20.3 Å². The number of benzene rings is 1. The zero-order valence-electron chi connectivity index (χ0n) is 14.8. The largest absolute Gasteiger partial charge is 0.497 e. The Balaban J connectivity index is 2.38. The van der Waals surface area contributed by atoms with Gasteiger partial charge in [0.15, 0.2) is 0 Å². The van der Waals surface area contributed by atoms with Gasteiger partial charge in [-0.2, -0.15) is 4.79 Å². The van der Waals surface area contributed by atoms with Crippen LogP contribution in [-0.2, 0) is 9.47 Å². The number of halogens is 1. The number of nitrogens with zero attached hydrogens (tertiary/aromatic N) is 2. The zero-order valence-corrected chi connectivity index (χ0v) is 15.6. The lowest BCUT2D eigenvalue weighted by molar-refractivity contribution is -0.0136. The number of methoxy groups -OCH3 is 1. The molecular weight excluding hydrogens is 358 g/mol. The number of nitrogens with one attached hydrogen (secondary N) is 1. The normalized spacial score (nSPS) is 14.1. The van der Waals surface area contributed by atoms with Gasteiger partial charge in [-0.25, -0.2) is 0 Å². The summed E-state index contributed by atoms with van der Waals surface area (Å²) in [6.45, 7) is 4.28. The average molecular weight is 378 g/mol. The van der Waals surface area contributed by atoms with Crippen molar-refractivity contribution in [1.82, 2.24) is 5.32 Å². The second kappa shape index (κ2) is 9.08. The molecule has 1 amide bonds. The van der Waals surface area contributed by atoms with E-state index in [0.29, 0.717) is 36.0 Å². The van der Waals surface area contributed by atoms with Crippen molar-refractivity contribution in [3.8, 4) is 5.75 Å². The smallest absolute Gasteiger partial charge is 0.342 e. The van der Waals surface area contributed by atoms with Crippen LogP contribution in [0.1, 0.15) is 30.6 Å². The summed E-state index contributed by atoms with van der Waals surface area (Å²) in [4.78, 5) is 15.8. The number of amides is 1. The molecule has 1 aliphatic carbocycles. The van der Waals surface area contributed by atoms with Crippen molar-refractivity contribution in [2.45, 2.75) is 20.3 Å². The van der Waals surface area contributed by atoms with E-state index in [2.05, 4.69) is 10.1 Å². The van der Waals surface area contributed by atoms with E-state index < -0.39 is 0 Å². The maximum absolute atomic E-state index is 12.6. The van der Waals surface area contributed by atoms with Gasteiger partial charge in [-0.05, 0) is 38.1 Å². The number of hydrogen-bond acceptors (Lipinski definition) is 4. The highest BCUT2D eigenvalue weighted by Crippen LogP contribution is 2.31. The Morgan fingerprint density at radius 2 is 1.88 bits per heavy atom. The second-order valence-corrected chi connectivity index (χ2v) is 5.59. The van der Waals surface area contributed by atoms with Crippen molar-refractivity contribution in [3.63, 3.8) is 0 Å². The minimum absolute atomic E-state index is 0.121. The molecule has 26 heavy (non-hydrogen) atoms. The number of rotatable bonds is 7. The van der Waals surface area contributed by atoms with Gasteiger partial charge in [0.25, 0.3) is 5.91 Å². The highest BCUT2D eigenvalue weighted by atomic mass is 35.5. The predicted octanol–water partition coefficient (Wildman–Crippen LogP) is 3.23. The summed E-state index contributed by atoms with van der Waals surface area (Å²) in [6, 6.07) is 6.65. The van der Waals surface area contributed by atoms with Crippen LogP contribution in [0.5, 0.6) is 5.75 Å². The molecule has 0 radical (unpaired) electrons. The molecule has 7 nitrogen and oxygen atoms in total. The minimum atomic E-state index is -0.363. The fourth-order valence-corrected chi connectivity index (χ4v) is 2.72. The molecule has 0 unspecified atom stereocenters. The van der Waals surface area contributed by atoms with E-state index in [0.717, 1.165) is 0 Å². The van der Waals surface area contributed by atoms with E-state index in [1.54, 1.807) is 45.2 Å². The summed E-state index contributed by atoms with van der Waals surface area (Å²) in [5.74, 6) is 0.896. The van der Waals surface area contributed by atoms with Crippen molar-refractivity contribution in [2.24, 2.45) is 0 Å². The summed E-state index contributed by atoms with van der Waals surface area (Å²) >= 11 is 6.40. The van der Waals surface area contributed by atoms with Crippen molar-refractivity contribution in [1.29, 1.82) is 0 Å². The van der Waals surface area contributed by atoms with Crippen molar-refractivity contribution in [3.05, 3.63) is 57.6 Å². The van der Waals surface area contributed by atoms with Crippen LogP contribution >= 0.6 is 11.6 Å². The van der Waals surface area contributed by atoms with E-state index in [1.165, 1.54) is 0 Å². The molecule has 1 aromatic rings. The van der Waals surface area contributed by atoms with E-state index in [-0.39, 0.29) is 28.8 Å². The van der Waals surface area contributed by atoms with Crippen LogP contribution in [0.25, 0.3) is 5.53 Å². The third-order valence-corrected chi connectivity index (χ3v) is 3.97. The van der Waals surface area contributed by atoms with Gasteiger partial charge in [-0.3, -0.25) is 4.79 Å². The fraction of sp³-hybridized carbons (Fsp3) is 0.333. The maximum Gasteiger partial charge on any atom is 0.342 e. The van der Waals surface area contributed by atoms with Gasteiger partial charge in [-0.15, -0.1) is 0 Å². The summed E-state index contributed by atoms with van der Waals surface area (Å²) in [7, 11) is 1.55. The third-order valence-electron chi connectivity index (χ3n) is 3.61. The molecule has 0 bridgehead atoms. The Labute approximate surface area is 156 Å². The molecule has 1 N–H and O–H groups in total. The van der Waals surface area contributed by atoms with Crippen LogP contribution in [0, 0.1) is 0 Å². The standard InChI is InChI=1S/C18H20ClN3O4/c1-4-25-14-10-13(22-20)17(26-5-2)15(19)16(14)21-18(23)11-6-8-12(24-3)9-7-11/h6-9H,4-5,10H2,1-3H3,(H,21,23). The Kier molecular flexibility index (Phi) is 6.83. The molecule has 0 saturated carbocycles. The first kappa shape index (κ1) is 19.6. The van der Waals surface area contributed by atoms with E-state index in [9.17, 15) is 10.3 Å². The molecule has 0 aromatic heterocycles. The predicted molar refractivity (Wildman–Crippen MR) is 96.9 cm³/mol. The summed E-state index contributed by atoms with van der Waals surface area (Å²) in [6.07, 6.45) is 0.147. The molecule has 0 spiro atoms. The van der Waals surface area contributed by atoms with Crippen LogP contribution in [0.4, 0.5) is 0 Å². The molecule has 0 atom stereocenters. The Bertz CT molecular complexity index is 793. The van der Waals surface area contributed by atoms with Crippen molar-refractivity contribution < 1.29 is 23.8 Å². The van der Waals surface area contributed by atoms with Gasteiger partial charge in [0.1, 0.15) is 28.7 Å². The van der Waals surface area contributed by atoms with Crippen LogP contribution in [-0.4, -0.2) is 36.7 Å². The Hall–Kier alpha value is -2.76. The molecule has 0 saturated heterocycles. The molecular formula is C18H20ClN3O4. The van der Waals surface area contributed by atoms with Crippen LogP contribution in [0.3, 0.4) is 0 Å². The molecule has 138 valence electrons.